The topological polar surface area (TPSA) is 46.5 Å². The molecule has 0 aromatic heterocycles. The van der Waals surface area contributed by atoms with Gasteiger partial charge in [-0.2, -0.15) is 0 Å². The summed E-state index contributed by atoms with van der Waals surface area (Å²) in [6.45, 7) is 2.50. The average Bonchev–Trinajstić information content (AvgIpc) is 2.48. The van der Waals surface area contributed by atoms with Gasteiger partial charge < -0.3 is 9.84 Å². The van der Waals surface area contributed by atoms with Crippen molar-refractivity contribution in [2.24, 2.45) is 0 Å². The predicted octanol–water partition coefficient (Wildman–Crippen LogP) is 4.02. The molecule has 1 N–H and O–H groups in total. The van der Waals surface area contributed by atoms with Crippen molar-refractivity contribution >= 4 is 5.97 Å². The molecule has 1 unspecified atom stereocenters. The van der Waals surface area contributed by atoms with Crippen molar-refractivity contribution in [1.82, 2.24) is 0 Å². The number of hydrogen-bond donors (Lipinski definition) is 1. The first-order valence-corrected chi connectivity index (χ1v) is 7.14. The van der Waals surface area contributed by atoms with Crippen LogP contribution in [0.15, 0.2) is 54.6 Å². The first-order chi connectivity index (χ1) is 10.2. The molecule has 2 rings (SSSR count). The van der Waals surface area contributed by atoms with E-state index in [2.05, 4.69) is 0 Å². The van der Waals surface area contributed by atoms with Crippen LogP contribution in [0.5, 0.6) is 5.75 Å². The van der Waals surface area contributed by atoms with E-state index in [-0.39, 0.29) is 0 Å². The highest BCUT2D eigenvalue weighted by Crippen LogP contribution is 2.23. The summed E-state index contributed by atoms with van der Waals surface area (Å²) in [5, 5.41) is 9.39. The number of carboxylic acids is 1. The van der Waals surface area contributed by atoms with Crippen LogP contribution in [0.4, 0.5) is 0 Å². The second kappa shape index (κ2) is 7.48. The van der Waals surface area contributed by atoms with Crippen LogP contribution in [0.1, 0.15) is 29.9 Å². The normalized spacial score (nSPS) is 11.9. The van der Waals surface area contributed by atoms with Crippen LogP contribution in [0.2, 0.25) is 0 Å². The number of aryl methyl sites for hydroxylation is 1. The predicted molar refractivity (Wildman–Crippen MR) is 82.7 cm³/mol. The summed E-state index contributed by atoms with van der Waals surface area (Å²) in [7, 11) is 0. The lowest BCUT2D eigenvalue weighted by molar-refractivity contribution is -0.139. The van der Waals surface area contributed by atoms with Crippen molar-refractivity contribution < 1.29 is 14.6 Å². The summed E-state index contributed by atoms with van der Waals surface area (Å²) in [6.07, 6.45) is 1.28. The third kappa shape index (κ3) is 4.63. The van der Waals surface area contributed by atoms with Gasteiger partial charge in [0.25, 0.3) is 0 Å². The molecule has 0 amide bonds. The van der Waals surface area contributed by atoms with Gasteiger partial charge >= 0.3 is 5.97 Å². The maximum Gasteiger partial charge on any atom is 0.310 e. The molecule has 1 atom stereocenters. The van der Waals surface area contributed by atoms with Gasteiger partial charge in [-0.05, 0) is 37.5 Å². The highest BCUT2D eigenvalue weighted by atomic mass is 16.5. The number of carbonyl (C=O) groups is 1. The zero-order chi connectivity index (χ0) is 15.1. The Bertz CT molecular complexity index is 578. The molecule has 3 nitrogen and oxygen atoms in total. The van der Waals surface area contributed by atoms with E-state index in [1.54, 1.807) is 0 Å². The largest absolute Gasteiger partial charge is 0.494 e. The number of ether oxygens (including phenoxy) is 1. The monoisotopic (exact) mass is 284 g/mol. The quantitative estimate of drug-likeness (QED) is 0.781. The number of benzene rings is 2. The number of aliphatic carboxylic acids is 1. The Morgan fingerprint density at radius 1 is 1.14 bits per heavy atom. The van der Waals surface area contributed by atoms with Gasteiger partial charge in [0, 0.05) is 0 Å². The fourth-order valence-electron chi connectivity index (χ4n) is 2.31. The van der Waals surface area contributed by atoms with Gasteiger partial charge in [0.2, 0.25) is 0 Å². The van der Waals surface area contributed by atoms with Gasteiger partial charge in [-0.25, -0.2) is 0 Å². The van der Waals surface area contributed by atoms with E-state index in [1.807, 2.05) is 61.5 Å². The van der Waals surface area contributed by atoms with Gasteiger partial charge in [-0.15, -0.1) is 0 Å². The van der Waals surface area contributed by atoms with Gasteiger partial charge in [0.05, 0.1) is 12.5 Å². The van der Waals surface area contributed by atoms with Crippen LogP contribution in [0.3, 0.4) is 0 Å². The molecule has 110 valence electrons. The first kappa shape index (κ1) is 15.1. The highest BCUT2D eigenvalue weighted by Gasteiger charge is 2.19. The van der Waals surface area contributed by atoms with Crippen molar-refractivity contribution in [3.63, 3.8) is 0 Å². The van der Waals surface area contributed by atoms with Gasteiger partial charge in [-0.1, -0.05) is 48.0 Å². The maximum atomic E-state index is 11.4. The second-order valence-electron chi connectivity index (χ2n) is 5.11. The summed E-state index contributed by atoms with van der Waals surface area (Å²) in [6, 6.07) is 17.3. The minimum Gasteiger partial charge on any atom is -0.494 e. The molecular formula is C18H20O3. The Hall–Kier alpha value is -2.29. The van der Waals surface area contributed by atoms with E-state index >= 15 is 0 Å². The maximum absolute atomic E-state index is 11.4. The molecular weight excluding hydrogens is 264 g/mol. The summed E-state index contributed by atoms with van der Waals surface area (Å²) in [5.74, 6) is -0.426. The number of rotatable bonds is 7. The van der Waals surface area contributed by atoms with E-state index in [0.29, 0.717) is 19.4 Å². The summed E-state index contributed by atoms with van der Waals surface area (Å²) < 4.78 is 5.60. The Morgan fingerprint density at radius 3 is 2.57 bits per heavy atom. The minimum absolute atomic E-state index is 0.468. The van der Waals surface area contributed by atoms with E-state index in [1.165, 1.54) is 0 Å². The Labute approximate surface area is 125 Å². The third-order valence-electron chi connectivity index (χ3n) is 3.39. The third-order valence-corrected chi connectivity index (χ3v) is 3.39. The van der Waals surface area contributed by atoms with E-state index in [9.17, 15) is 9.90 Å². The first-order valence-electron chi connectivity index (χ1n) is 7.14. The van der Waals surface area contributed by atoms with Crippen molar-refractivity contribution in [2.45, 2.75) is 25.7 Å². The molecule has 0 spiro atoms. The van der Waals surface area contributed by atoms with Crippen molar-refractivity contribution in [1.29, 1.82) is 0 Å². The van der Waals surface area contributed by atoms with Crippen LogP contribution in [-0.4, -0.2) is 17.7 Å². The van der Waals surface area contributed by atoms with Crippen molar-refractivity contribution in [3.05, 3.63) is 65.7 Å². The molecule has 0 saturated carbocycles. The fraction of sp³-hybridized carbons (Fsp3) is 0.278. The summed E-state index contributed by atoms with van der Waals surface area (Å²) in [5.41, 5.74) is 1.95. The van der Waals surface area contributed by atoms with Crippen LogP contribution >= 0.6 is 0 Å². The average molecular weight is 284 g/mol. The zero-order valence-electron chi connectivity index (χ0n) is 12.2. The van der Waals surface area contributed by atoms with Crippen LogP contribution in [-0.2, 0) is 4.79 Å². The molecule has 0 radical (unpaired) electrons. The van der Waals surface area contributed by atoms with Gasteiger partial charge in [0.1, 0.15) is 5.75 Å². The summed E-state index contributed by atoms with van der Waals surface area (Å²) in [4.78, 5) is 11.4. The second-order valence-corrected chi connectivity index (χ2v) is 5.11. The Kier molecular flexibility index (Phi) is 5.38. The van der Waals surface area contributed by atoms with Gasteiger partial charge in [-0.3, -0.25) is 4.79 Å². The molecule has 0 bridgehead atoms. The molecule has 0 fully saturated rings. The lowest BCUT2D eigenvalue weighted by Crippen LogP contribution is -2.13. The summed E-state index contributed by atoms with van der Waals surface area (Å²) >= 11 is 0. The standard InChI is InChI=1S/C18H20O3/c1-14-7-5-8-15(13-14)17(18(19)20)11-6-12-21-16-9-3-2-4-10-16/h2-5,7-10,13,17H,6,11-12H2,1H3,(H,19,20). The fourth-order valence-corrected chi connectivity index (χ4v) is 2.31. The number of para-hydroxylation sites is 1. The van der Waals surface area contributed by atoms with Crippen LogP contribution in [0.25, 0.3) is 0 Å². The molecule has 2 aromatic rings. The lowest BCUT2D eigenvalue weighted by Gasteiger charge is -2.13. The minimum atomic E-state index is -0.777. The molecule has 0 aliphatic carbocycles. The molecule has 0 heterocycles. The molecule has 0 aliphatic rings. The van der Waals surface area contributed by atoms with Crippen molar-refractivity contribution in [2.75, 3.05) is 6.61 Å². The Morgan fingerprint density at radius 2 is 1.90 bits per heavy atom. The van der Waals surface area contributed by atoms with E-state index < -0.39 is 11.9 Å². The zero-order valence-corrected chi connectivity index (χ0v) is 12.2. The van der Waals surface area contributed by atoms with Crippen LogP contribution in [0, 0.1) is 6.92 Å². The lowest BCUT2D eigenvalue weighted by atomic mass is 9.93. The van der Waals surface area contributed by atoms with E-state index in [0.717, 1.165) is 16.9 Å². The van der Waals surface area contributed by atoms with Crippen molar-refractivity contribution in [3.8, 4) is 5.75 Å². The van der Waals surface area contributed by atoms with Crippen LogP contribution < -0.4 is 4.74 Å². The van der Waals surface area contributed by atoms with E-state index in [4.69, 9.17) is 4.74 Å². The molecule has 0 saturated heterocycles. The Balaban J connectivity index is 1.88. The molecule has 3 heteroatoms. The SMILES string of the molecule is Cc1cccc(C(CCCOc2ccccc2)C(=O)O)c1. The highest BCUT2D eigenvalue weighted by molar-refractivity contribution is 5.76. The number of carboxylic acid groups (broad SMARTS) is 1. The smallest absolute Gasteiger partial charge is 0.310 e. The molecule has 2 aromatic carbocycles. The molecule has 0 aliphatic heterocycles. The van der Waals surface area contributed by atoms with Gasteiger partial charge in [0.15, 0.2) is 0 Å². The molecule has 21 heavy (non-hydrogen) atoms. The number of hydrogen-bond acceptors (Lipinski definition) is 2.